The Labute approximate surface area is 106 Å². The third-order valence-corrected chi connectivity index (χ3v) is 2.58. The molecule has 5 nitrogen and oxygen atoms in total. The first-order valence-corrected chi connectivity index (χ1v) is 6.13. The van der Waals surface area contributed by atoms with Crippen LogP contribution in [0, 0.1) is 0 Å². The molecule has 0 spiro atoms. The monoisotopic (exact) mass is 249 g/mol. The SMILES string of the molecule is CC(C)NCC(O)COc1cnn2ccccc12. The Hall–Kier alpha value is -1.59. The fourth-order valence-corrected chi connectivity index (χ4v) is 1.64. The molecule has 2 heterocycles. The lowest BCUT2D eigenvalue weighted by Crippen LogP contribution is -2.35. The number of fused-ring (bicyclic) bond motifs is 1. The van der Waals surface area contributed by atoms with E-state index in [2.05, 4.69) is 10.4 Å². The summed E-state index contributed by atoms with van der Waals surface area (Å²) < 4.78 is 7.32. The number of hydrogen-bond acceptors (Lipinski definition) is 4. The number of aromatic nitrogens is 2. The van der Waals surface area contributed by atoms with Gasteiger partial charge >= 0.3 is 0 Å². The third kappa shape index (κ3) is 3.21. The molecule has 0 bridgehead atoms. The zero-order valence-electron chi connectivity index (χ0n) is 10.7. The van der Waals surface area contributed by atoms with Crippen molar-refractivity contribution in [2.24, 2.45) is 0 Å². The van der Waals surface area contributed by atoms with Gasteiger partial charge in [-0.3, -0.25) is 0 Å². The Bertz CT molecular complexity index is 496. The van der Waals surface area contributed by atoms with Gasteiger partial charge < -0.3 is 15.2 Å². The minimum atomic E-state index is -0.522. The molecule has 0 aliphatic carbocycles. The van der Waals surface area contributed by atoms with E-state index in [1.165, 1.54) is 0 Å². The van der Waals surface area contributed by atoms with E-state index in [0.29, 0.717) is 18.3 Å². The smallest absolute Gasteiger partial charge is 0.165 e. The molecule has 0 fully saturated rings. The fourth-order valence-electron chi connectivity index (χ4n) is 1.64. The van der Waals surface area contributed by atoms with Crippen molar-refractivity contribution in [2.45, 2.75) is 26.0 Å². The van der Waals surface area contributed by atoms with Gasteiger partial charge in [0.25, 0.3) is 0 Å². The molecule has 0 aromatic carbocycles. The number of rotatable bonds is 6. The standard InChI is InChI=1S/C13H19N3O2/c1-10(2)14-7-11(17)9-18-13-8-15-16-6-4-3-5-12(13)16/h3-6,8,10-11,14,17H,7,9H2,1-2H3. The van der Waals surface area contributed by atoms with E-state index in [1.54, 1.807) is 10.7 Å². The van der Waals surface area contributed by atoms with E-state index in [4.69, 9.17) is 4.74 Å². The summed E-state index contributed by atoms with van der Waals surface area (Å²) in [5.74, 6) is 0.694. The summed E-state index contributed by atoms with van der Waals surface area (Å²) in [6.45, 7) is 4.87. The van der Waals surface area contributed by atoms with Crippen LogP contribution in [0.4, 0.5) is 0 Å². The van der Waals surface area contributed by atoms with E-state index in [1.807, 2.05) is 38.2 Å². The summed E-state index contributed by atoms with van der Waals surface area (Å²) in [7, 11) is 0. The zero-order valence-corrected chi connectivity index (χ0v) is 10.7. The minimum absolute atomic E-state index is 0.260. The quantitative estimate of drug-likeness (QED) is 0.804. The highest BCUT2D eigenvalue weighted by Crippen LogP contribution is 2.18. The number of hydrogen-bond donors (Lipinski definition) is 2. The van der Waals surface area contributed by atoms with E-state index < -0.39 is 6.10 Å². The molecule has 0 saturated carbocycles. The summed E-state index contributed by atoms with van der Waals surface area (Å²) in [6, 6.07) is 6.13. The van der Waals surface area contributed by atoms with Crippen molar-refractivity contribution >= 4 is 5.52 Å². The van der Waals surface area contributed by atoms with Gasteiger partial charge in [-0.05, 0) is 12.1 Å². The predicted octanol–water partition coefficient (Wildman–Crippen LogP) is 1.07. The molecule has 2 aromatic heterocycles. The molecule has 2 rings (SSSR count). The van der Waals surface area contributed by atoms with Crippen molar-refractivity contribution in [1.29, 1.82) is 0 Å². The second kappa shape index (κ2) is 5.84. The fraction of sp³-hybridized carbons (Fsp3) is 0.462. The second-order valence-corrected chi connectivity index (χ2v) is 4.57. The summed E-state index contributed by atoms with van der Waals surface area (Å²) in [5.41, 5.74) is 0.904. The van der Waals surface area contributed by atoms with Crippen LogP contribution >= 0.6 is 0 Å². The van der Waals surface area contributed by atoms with Crippen molar-refractivity contribution in [3.63, 3.8) is 0 Å². The lowest BCUT2D eigenvalue weighted by Gasteiger charge is -2.14. The van der Waals surface area contributed by atoms with Crippen LogP contribution in [-0.4, -0.2) is 40.0 Å². The maximum Gasteiger partial charge on any atom is 0.165 e. The number of nitrogens with one attached hydrogen (secondary N) is 1. The Morgan fingerprint density at radius 1 is 1.44 bits per heavy atom. The van der Waals surface area contributed by atoms with Crippen molar-refractivity contribution in [1.82, 2.24) is 14.9 Å². The summed E-state index contributed by atoms with van der Waals surface area (Å²) >= 11 is 0. The molecular formula is C13H19N3O2. The first kappa shape index (κ1) is 12.9. The van der Waals surface area contributed by atoms with Crippen molar-refractivity contribution in [3.05, 3.63) is 30.6 Å². The van der Waals surface area contributed by atoms with Gasteiger partial charge in [0.15, 0.2) is 5.75 Å². The third-order valence-electron chi connectivity index (χ3n) is 2.58. The molecule has 0 aliphatic rings. The zero-order chi connectivity index (χ0) is 13.0. The highest BCUT2D eigenvalue weighted by molar-refractivity contribution is 5.58. The number of nitrogens with zero attached hydrogens (tertiary/aromatic N) is 2. The topological polar surface area (TPSA) is 58.8 Å². The van der Waals surface area contributed by atoms with Gasteiger partial charge in [0.05, 0.1) is 6.20 Å². The van der Waals surface area contributed by atoms with Gasteiger partial charge in [-0.2, -0.15) is 5.10 Å². The Balaban J connectivity index is 1.90. The average molecular weight is 249 g/mol. The summed E-state index contributed by atoms with van der Waals surface area (Å²) in [6.07, 6.45) is 3.00. The number of aliphatic hydroxyl groups is 1. The summed E-state index contributed by atoms with van der Waals surface area (Å²) in [5, 5.41) is 17.1. The van der Waals surface area contributed by atoms with Gasteiger partial charge in [-0.25, -0.2) is 4.52 Å². The van der Waals surface area contributed by atoms with Gasteiger partial charge in [-0.15, -0.1) is 0 Å². The molecule has 2 aromatic rings. The van der Waals surface area contributed by atoms with E-state index in [0.717, 1.165) is 5.52 Å². The molecule has 0 radical (unpaired) electrons. The van der Waals surface area contributed by atoms with Crippen LogP contribution in [0.25, 0.3) is 5.52 Å². The minimum Gasteiger partial charge on any atom is -0.487 e. The van der Waals surface area contributed by atoms with Gasteiger partial charge in [0.2, 0.25) is 0 Å². The molecule has 18 heavy (non-hydrogen) atoms. The van der Waals surface area contributed by atoms with E-state index in [9.17, 15) is 5.11 Å². The number of aliphatic hydroxyl groups excluding tert-OH is 1. The second-order valence-electron chi connectivity index (χ2n) is 4.57. The molecule has 1 atom stereocenters. The molecule has 0 amide bonds. The van der Waals surface area contributed by atoms with E-state index in [-0.39, 0.29) is 6.61 Å². The highest BCUT2D eigenvalue weighted by atomic mass is 16.5. The molecule has 0 aliphatic heterocycles. The van der Waals surface area contributed by atoms with Crippen molar-refractivity contribution in [2.75, 3.05) is 13.2 Å². The Morgan fingerprint density at radius 2 is 2.28 bits per heavy atom. The lowest BCUT2D eigenvalue weighted by molar-refractivity contribution is 0.105. The van der Waals surface area contributed by atoms with Crippen molar-refractivity contribution < 1.29 is 9.84 Å². The van der Waals surface area contributed by atoms with Crippen LogP contribution in [0.2, 0.25) is 0 Å². The van der Waals surface area contributed by atoms with Crippen LogP contribution in [0.15, 0.2) is 30.6 Å². The molecule has 5 heteroatoms. The van der Waals surface area contributed by atoms with Gasteiger partial charge in [0.1, 0.15) is 18.2 Å². The Kier molecular flexibility index (Phi) is 4.17. The normalized spacial score (nSPS) is 13.1. The van der Waals surface area contributed by atoms with Crippen LogP contribution in [0.3, 0.4) is 0 Å². The predicted molar refractivity (Wildman–Crippen MR) is 69.8 cm³/mol. The largest absolute Gasteiger partial charge is 0.487 e. The maximum absolute atomic E-state index is 9.75. The average Bonchev–Trinajstić information content (AvgIpc) is 2.77. The van der Waals surface area contributed by atoms with Gasteiger partial charge in [0, 0.05) is 18.8 Å². The molecule has 2 N–H and O–H groups in total. The Morgan fingerprint density at radius 3 is 3.06 bits per heavy atom. The van der Waals surface area contributed by atoms with E-state index >= 15 is 0 Å². The molecule has 1 unspecified atom stereocenters. The van der Waals surface area contributed by atoms with Crippen LogP contribution in [0.5, 0.6) is 5.75 Å². The lowest BCUT2D eigenvalue weighted by atomic mass is 10.3. The van der Waals surface area contributed by atoms with Crippen LogP contribution < -0.4 is 10.1 Å². The molecular weight excluding hydrogens is 230 g/mol. The summed E-state index contributed by atoms with van der Waals surface area (Å²) in [4.78, 5) is 0. The van der Waals surface area contributed by atoms with Crippen molar-refractivity contribution in [3.8, 4) is 5.75 Å². The van der Waals surface area contributed by atoms with Gasteiger partial charge in [-0.1, -0.05) is 19.9 Å². The molecule has 0 saturated heterocycles. The number of ether oxygens (including phenoxy) is 1. The first-order valence-electron chi connectivity index (χ1n) is 6.13. The highest BCUT2D eigenvalue weighted by Gasteiger charge is 2.09. The molecule has 98 valence electrons. The first-order chi connectivity index (χ1) is 8.66. The maximum atomic E-state index is 9.75. The van der Waals surface area contributed by atoms with Crippen LogP contribution in [-0.2, 0) is 0 Å². The van der Waals surface area contributed by atoms with Crippen LogP contribution in [0.1, 0.15) is 13.8 Å². The number of pyridine rings is 1.